The van der Waals surface area contributed by atoms with Gasteiger partial charge in [0.2, 0.25) is 59.1 Å². The predicted octanol–water partition coefficient (Wildman–Crippen LogP) is -4.60. The maximum absolute atomic E-state index is 14.4. The summed E-state index contributed by atoms with van der Waals surface area (Å²) >= 11 is 0. The van der Waals surface area contributed by atoms with Crippen molar-refractivity contribution >= 4 is 77.0 Å². The third-order valence-electron chi connectivity index (χ3n) is 14.5. The Morgan fingerprint density at radius 1 is 0.519 bits per heavy atom. The van der Waals surface area contributed by atoms with Crippen LogP contribution in [0.5, 0.6) is 0 Å². The van der Waals surface area contributed by atoms with Gasteiger partial charge in [-0.2, -0.15) is 0 Å². The van der Waals surface area contributed by atoms with Gasteiger partial charge in [0, 0.05) is 39.0 Å². The summed E-state index contributed by atoms with van der Waals surface area (Å²) in [5, 5.41) is 34.8. The summed E-state index contributed by atoms with van der Waals surface area (Å²) in [6.07, 6.45) is 2.88. The number of nitrogens with one attached hydrogen (secondary N) is 6. The maximum atomic E-state index is 14.4. The number of carboxylic acid groups (broad SMARTS) is 2. The Bertz CT molecular complexity index is 2250. The molecule has 3 fully saturated rings. The van der Waals surface area contributed by atoms with Gasteiger partial charge in [-0.25, -0.2) is 4.79 Å². The minimum atomic E-state index is -1.47. The van der Waals surface area contributed by atoms with Gasteiger partial charge in [-0.1, -0.05) is 20.3 Å². The lowest BCUT2D eigenvalue weighted by Gasteiger charge is -2.33. The van der Waals surface area contributed by atoms with E-state index in [9.17, 15) is 67.7 Å². The Labute approximate surface area is 471 Å². The fraction of sp³-hybridized carbons (Fsp3) is 0.745. The van der Waals surface area contributed by atoms with E-state index in [1.165, 1.54) is 21.6 Å². The Hall–Kier alpha value is -7.21. The Morgan fingerprint density at radius 2 is 0.975 bits per heavy atom. The van der Waals surface area contributed by atoms with E-state index >= 15 is 0 Å². The molecule has 3 heterocycles. The maximum Gasteiger partial charge on any atom is 0.326 e. The average molecular weight is 1150 g/mol. The molecular formula is C51H88N16O14. The molecule has 456 valence electrons. The van der Waals surface area contributed by atoms with Crippen molar-refractivity contribution in [3.05, 3.63) is 0 Å². The lowest BCUT2D eigenvalue weighted by molar-refractivity contribution is -0.145. The average Bonchev–Trinajstić information content (AvgIpc) is 4.33. The molecular weight excluding hydrogens is 1060 g/mol. The molecule has 0 aliphatic carbocycles. The van der Waals surface area contributed by atoms with E-state index in [0.717, 1.165) is 0 Å². The van der Waals surface area contributed by atoms with Crippen molar-refractivity contribution in [2.24, 2.45) is 45.3 Å². The number of likely N-dealkylation sites (tertiary alicyclic amines) is 3. The van der Waals surface area contributed by atoms with Crippen LogP contribution >= 0.6 is 0 Å². The zero-order valence-electron chi connectivity index (χ0n) is 46.9. The number of aliphatic carboxylic acids is 2. The number of hydrogen-bond acceptors (Lipinski definition) is 16. The molecule has 3 saturated heterocycles. The molecule has 0 spiro atoms. The highest BCUT2D eigenvalue weighted by Gasteiger charge is 2.44. The molecule has 3 aliphatic rings. The highest BCUT2D eigenvalue weighted by Crippen LogP contribution is 2.25. The number of nitrogens with two attached hydrogens (primary N) is 6. The topological polar surface area (TPSA) is 496 Å². The van der Waals surface area contributed by atoms with Gasteiger partial charge < -0.3 is 91.2 Å². The molecule has 10 atom stereocenters. The van der Waals surface area contributed by atoms with Crippen LogP contribution in [0, 0.1) is 5.92 Å². The summed E-state index contributed by atoms with van der Waals surface area (Å²) in [6.45, 7) is 5.77. The molecule has 0 aromatic heterocycles. The molecule has 3 rings (SSSR count). The van der Waals surface area contributed by atoms with E-state index in [1.807, 2.05) is 0 Å². The number of unbranched alkanes of at least 4 members (excludes halogenated alkanes) is 2. The number of amides is 10. The molecule has 0 bridgehead atoms. The predicted molar refractivity (Wildman–Crippen MR) is 293 cm³/mol. The van der Waals surface area contributed by atoms with Gasteiger partial charge in [0.25, 0.3) is 0 Å². The minimum absolute atomic E-state index is 0.000124. The molecule has 0 radical (unpaired) electrons. The molecule has 10 amide bonds. The number of aliphatic imine (C=N–C) groups is 1. The van der Waals surface area contributed by atoms with Crippen LogP contribution in [0.15, 0.2) is 4.99 Å². The third kappa shape index (κ3) is 21.7. The van der Waals surface area contributed by atoms with E-state index < -0.39 is 144 Å². The van der Waals surface area contributed by atoms with Gasteiger partial charge in [0.1, 0.15) is 54.4 Å². The van der Waals surface area contributed by atoms with Gasteiger partial charge in [0.15, 0.2) is 5.96 Å². The van der Waals surface area contributed by atoms with Crippen LogP contribution < -0.4 is 66.3 Å². The molecule has 30 heteroatoms. The summed E-state index contributed by atoms with van der Waals surface area (Å²) in [5.41, 5.74) is 33.4. The van der Waals surface area contributed by atoms with Crippen LogP contribution in [0.1, 0.15) is 136 Å². The summed E-state index contributed by atoms with van der Waals surface area (Å²) in [4.78, 5) is 168. The van der Waals surface area contributed by atoms with Crippen molar-refractivity contribution in [2.75, 3.05) is 39.3 Å². The number of carboxylic acids is 2. The van der Waals surface area contributed by atoms with Gasteiger partial charge >= 0.3 is 11.9 Å². The molecule has 30 nitrogen and oxygen atoms in total. The van der Waals surface area contributed by atoms with E-state index in [-0.39, 0.29) is 103 Å². The molecule has 81 heavy (non-hydrogen) atoms. The monoisotopic (exact) mass is 1150 g/mol. The van der Waals surface area contributed by atoms with Gasteiger partial charge in [-0.15, -0.1) is 0 Å². The number of rotatable bonds is 35. The van der Waals surface area contributed by atoms with Crippen molar-refractivity contribution < 1.29 is 67.7 Å². The van der Waals surface area contributed by atoms with E-state index in [1.54, 1.807) is 13.8 Å². The van der Waals surface area contributed by atoms with Crippen molar-refractivity contribution in [3.8, 4) is 0 Å². The van der Waals surface area contributed by atoms with Crippen LogP contribution in [0.2, 0.25) is 0 Å². The van der Waals surface area contributed by atoms with Crippen molar-refractivity contribution in [1.82, 2.24) is 46.6 Å². The van der Waals surface area contributed by atoms with Crippen molar-refractivity contribution in [1.29, 1.82) is 0 Å². The number of primary amides is 1. The lowest BCUT2D eigenvalue weighted by Crippen LogP contribution is -2.60. The van der Waals surface area contributed by atoms with Crippen LogP contribution in [0.3, 0.4) is 0 Å². The molecule has 0 saturated carbocycles. The van der Waals surface area contributed by atoms with E-state index in [4.69, 9.17) is 34.4 Å². The Morgan fingerprint density at radius 3 is 1.46 bits per heavy atom. The molecule has 20 N–H and O–H groups in total. The zero-order valence-corrected chi connectivity index (χ0v) is 46.9. The highest BCUT2D eigenvalue weighted by molar-refractivity contribution is 5.99. The molecule has 3 aliphatic heterocycles. The second-order valence-corrected chi connectivity index (χ2v) is 21.2. The standard InChI is InChI=1S/C51H88N16O14/c1-28(2)40(64-46(76)37-17-10-26-66(37)48(78)33(19-21-39(69)70)62-42(72)30(54)12-4-6-22-52)49(79)67-27-11-16-36(67)44(74)60-31(18-20-38(55)68)43(73)59-29(3)41(71)61-32(13-5-7-23-53)47(77)65-25-9-15-35(65)45(75)63-34(50(80)81)14-8-24-58-51(56)57/h28-37,40H,4-27,52-54H2,1-3H3,(H2,55,68)(H,59,73)(H,60,74)(H,61,71)(H,62,72)(H,63,75)(H,64,76)(H,69,70)(H,80,81)(H4,56,57,58)/t29-,30-,31-,32-,33-,34-,35-,36-,37-,40-/m0/s1. The van der Waals surface area contributed by atoms with Gasteiger partial charge in [-0.05, 0) is 122 Å². The number of nitrogens with zero attached hydrogens (tertiary/aromatic N) is 4. The summed E-state index contributed by atoms with van der Waals surface area (Å²) in [7, 11) is 0. The fourth-order valence-electron chi connectivity index (χ4n) is 9.97. The molecule has 0 aromatic carbocycles. The number of hydrogen-bond donors (Lipinski definition) is 14. The minimum Gasteiger partial charge on any atom is -0.481 e. The Balaban J connectivity index is 1.74. The summed E-state index contributed by atoms with van der Waals surface area (Å²) in [5.74, 6) is -10.6. The number of carbonyl (C=O) groups is 12. The lowest BCUT2D eigenvalue weighted by atomic mass is 10.0. The quantitative estimate of drug-likeness (QED) is 0.0161. The first-order valence-corrected chi connectivity index (χ1v) is 28.0. The molecule has 0 aromatic rings. The number of guanidine groups is 1. The smallest absolute Gasteiger partial charge is 0.326 e. The van der Waals surface area contributed by atoms with Crippen LogP contribution in [-0.2, 0) is 57.5 Å². The second-order valence-electron chi connectivity index (χ2n) is 21.2. The molecule has 0 unspecified atom stereocenters. The fourth-order valence-corrected chi connectivity index (χ4v) is 9.97. The van der Waals surface area contributed by atoms with Crippen LogP contribution in [0.25, 0.3) is 0 Å². The Kier molecular flexibility index (Phi) is 28.7. The first kappa shape index (κ1) is 68.1. The van der Waals surface area contributed by atoms with Crippen LogP contribution in [0.4, 0.5) is 0 Å². The number of carbonyl (C=O) groups excluding carboxylic acids is 10. The summed E-state index contributed by atoms with van der Waals surface area (Å²) < 4.78 is 0. The third-order valence-corrected chi connectivity index (χ3v) is 14.5. The SMILES string of the molecule is CC(C)[C@H](NC(=O)[C@@H]1CCCN1C(=O)[C@H](CCC(=O)O)NC(=O)[C@@H](N)CCCCN)C(=O)N1CCC[C@H]1C(=O)N[C@@H](CCC(N)=O)C(=O)N[C@@H](C)C(=O)N[C@@H](CCCCN)C(=O)N1CCC[C@H]1C(=O)N[C@@H](CCCN=C(N)N)C(=O)O. The first-order valence-electron chi connectivity index (χ1n) is 28.0. The van der Waals surface area contributed by atoms with Gasteiger partial charge in [-0.3, -0.25) is 57.7 Å². The zero-order chi connectivity index (χ0) is 60.5. The largest absolute Gasteiger partial charge is 0.481 e. The first-order chi connectivity index (χ1) is 38.3. The highest BCUT2D eigenvalue weighted by atomic mass is 16.4. The normalized spacial score (nSPS) is 19.4. The summed E-state index contributed by atoms with van der Waals surface area (Å²) in [6, 6.07) is -12.2. The van der Waals surface area contributed by atoms with Crippen molar-refractivity contribution in [3.63, 3.8) is 0 Å². The van der Waals surface area contributed by atoms with Gasteiger partial charge in [0.05, 0.1) is 6.04 Å². The van der Waals surface area contributed by atoms with E-state index in [0.29, 0.717) is 51.5 Å². The van der Waals surface area contributed by atoms with E-state index in [2.05, 4.69) is 36.9 Å². The second kappa shape index (κ2) is 34.2. The van der Waals surface area contributed by atoms with Crippen molar-refractivity contribution in [2.45, 2.75) is 197 Å². The van der Waals surface area contributed by atoms with Crippen LogP contribution in [-0.4, -0.2) is 202 Å².